The van der Waals surface area contributed by atoms with Crippen LogP contribution in [0.25, 0.3) is 6.08 Å². The van der Waals surface area contributed by atoms with Crippen LogP contribution in [0.5, 0.6) is 5.75 Å². The Labute approximate surface area is 158 Å². The average molecular weight is 363 g/mol. The second-order valence-corrected chi connectivity index (χ2v) is 6.78. The molecule has 2 aromatic carbocycles. The van der Waals surface area contributed by atoms with Gasteiger partial charge in [0.25, 0.3) is 5.91 Å². The molecule has 2 aliphatic rings. The number of ether oxygens (including phenoxy) is 2. The number of carbonyl (C=O) groups excluding carboxylic acids is 2. The van der Waals surface area contributed by atoms with E-state index in [1.54, 1.807) is 6.08 Å². The molecule has 0 aromatic heterocycles. The molecule has 0 unspecified atom stereocenters. The maximum absolute atomic E-state index is 12.3. The third kappa shape index (κ3) is 3.87. The van der Waals surface area contributed by atoms with Gasteiger partial charge in [-0.1, -0.05) is 42.5 Å². The zero-order valence-electron chi connectivity index (χ0n) is 14.9. The highest BCUT2D eigenvalue weighted by Gasteiger charge is 2.23. The summed E-state index contributed by atoms with van der Waals surface area (Å²) in [5.74, 6) is -0.0748. The van der Waals surface area contributed by atoms with Crippen molar-refractivity contribution in [3.05, 3.63) is 70.8 Å². The van der Waals surface area contributed by atoms with Gasteiger partial charge in [0.1, 0.15) is 12.4 Å². The minimum Gasteiger partial charge on any atom is -0.488 e. The number of para-hydroxylation sites is 1. The Hall–Kier alpha value is -3.08. The molecule has 0 saturated heterocycles. The normalized spacial score (nSPS) is 17.6. The molecule has 0 fully saturated rings. The Morgan fingerprint density at radius 2 is 1.93 bits per heavy atom. The second-order valence-electron chi connectivity index (χ2n) is 6.78. The van der Waals surface area contributed by atoms with E-state index in [1.165, 1.54) is 5.56 Å². The van der Waals surface area contributed by atoms with E-state index in [0.29, 0.717) is 5.57 Å². The number of rotatable bonds is 4. The van der Waals surface area contributed by atoms with Crippen molar-refractivity contribution < 1.29 is 19.1 Å². The number of benzene rings is 2. The summed E-state index contributed by atoms with van der Waals surface area (Å²) < 4.78 is 10.7. The van der Waals surface area contributed by atoms with Gasteiger partial charge in [-0.3, -0.25) is 4.79 Å². The maximum Gasteiger partial charge on any atom is 0.338 e. The van der Waals surface area contributed by atoms with Gasteiger partial charge in [-0.25, -0.2) is 4.79 Å². The Kier molecular flexibility index (Phi) is 4.92. The quantitative estimate of drug-likeness (QED) is 0.848. The van der Waals surface area contributed by atoms with E-state index >= 15 is 0 Å². The largest absolute Gasteiger partial charge is 0.488 e. The first-order chi connectivity index (χ1) is 13.2. The number of hydrogen-bond donors (Lipinski definition) is 1. The van der Waals surface area contributed by atoms with Crippen LogP contribution in [0.1, 0.15) is 35.6 Å². The van der Waals surface area contributed by atoms with Crippen molar-refractivity contribution in [2.75, 3.05) is 13.2 Å². The molecule has 4 rings (SSSR count). The molecule has 27 heavy (non-hydrogen) atoms. The molecular weight excluding hydrogens is 342 g/mol. The molecule has 0 spiro atoms. The van der Waals surface area contributed by atoms with Crippen LogP contribution in [0.4, 0.5) is 0 Å². The summed E-state index contributed by atoms with van der Waals surface area (Å²) in [5.41, 5.74) is 3.67. The second kappa shape index (κ2) is 7.66. The lowest BCUT2D eigenvalue weighted by atomic mass is 9.88. The lowest BCUT2D eigenvalue weighted by Gasteiger charge is -2.26. The van der Waals surface area contributed by atoms with Gasteiger partial charge in [-0.2, -0.15) is 0 Å². The fourth-order valence-electron chi connectivity index (χ4n) is 3.60. The molecule has 1 heterocycles. The Morgan fingerprint density at radius 1 is 1.11 bits per heavy atom. The van der Waals surface area contributed by atoms with Crippen molar-refractivity contribution in [3.8, 4) is 5.75 Å². The molecule has 5 heteroatoms. The first-order valence-electron chi connectivity index (χ1n) is 9.17. The zero-order chi connectivity index (χ0) is 18.6. The average Bonchev–Trinajstić information content (AvgIpc) is 2.72. The predicted octanol–water partition coefficient (Wildman–Crippen LogP) is 3.20. The summed E-state index contributed by atoms with van der Waals surface area (Å²) in [6.07, 6.45) is 4.71. The fraction of sp³-hybridized carbons (Fsp3) is 0.273. The topological polar surface area (TPSA) is 64.6 Å². The van der Waals surface area contributed by atoms with Crippen LogP contribution in [-0.2, 0) is 20.7 Å². The highest BCUT2D eigenvalue weighted by Crippen LogP contribution is 2.29. The highest BCUT2D eigenvalue weighted by molar-refractivity contribution is 5.96. The molecule has 0 bridgehead atoms. The fourth-order valence-corrected chi connectivity index (χ4v) is 3.60. The molecule has 1 atom stereocenters. The van der Waals surface area contributed by atoms with E-state index in [2.05, 4.69) is 11.4 Å². The third-order valence-electron chi connectivity index (χ3n) is 4.93. The summed E-state index contributed by atoms with van der Waals surface area (Å²) in [4.78, 5) is 24.5. The smallest absolute Gasteiger partial charge is 0.338 e. The monoisotopic (exact) mass is 363 g/mol. The van der Waals surface area contributed by atoms with Crippen molar-refractivity contribution in [2.24, 2.45) is 0 Å². The van der Waals surface area contributed by atoms with Gasteiger partial charge in [0.05, 0.1) is 11.6 Å². The summed E-state index contributed by atoms with van der Waals surface area (Å²) in [6.45, 7) is -0.149. The van der Waals surface area contributed by atoms with Gasteiger partial charge < -0.3 is 14.8 Å². The summed E-state index contributed by atoms with van der Waals surface area (Å²) in [6, 6.07) is 15.6. The van der Waals surface area contributed by atoms with Crippen LogP contribution in [0.15, 0.2) is 54.1 Å². The van der Waals surface area contributed by atoms with Gasteiger partial charge in [0, 0.05) is 5.56 Å². The van der Waals surface area contributed by atoms with Gasteiger partial charge >= 0.3 is 5.97 Å². The van der Waals surface area contributed by atoms with E-state index in [1.807, 2.05) is 42.5 Å². The molecule has 1 aliphatic heterocycles. The summed E-state index contributed by atoms with van der Waals surface area (Å²) in [5, 5.41) is 2.98. The molecule has 1 N–H and O–H groups in total. The van der Waals surface area contributed by atoms with Crippen molar-refractivity contribution in [2.45, 2.75) is 25.3 Å². The van der Waals surface area contributed by atoms with Gasteiger partial charge in [-0.15, -0.1) is 0 Å². The highest BCUT2D eigenvalue weighted by atomic mass is 16.5. The Bertz CT molecular complexity index is 903. The van der Waals surface area contributed by atoms with Crippen LogP contribution in [0.2, 0.25) is 0 Å². The molecule has 2 aromatic rings. The molecule has 0 saturated carbocycles. The molecule has 1 aliphatic carbocycles. The molecule has 138 valence electrons. The molecule has 1 amide bonds. The van der Waals surface area contributed by atoms with Crippen LogP contribution in [0.3, 0.4) is 0 Å². The first-order valence-corrected chi connectivity index (χ1v) is 9.17. The molecule has 5 nitrogen and oxygen atoms in total. The number of fused-ring (bicyclic) bond motifs is 2. The number of hydrogen-bond acceptors (Lipinski definition) is 4. The van der Waals surface area contributed by atoms with Crippen LogP contribution < -0.4 is 10.1 Å². The first kappa shape index (κ1) is 17.3. The predicted molar refractivity (Wildman–Crippen MR) is 101 cm³/mol. The SMILES string of the molecule is O=C(COC(=O)C1=Cc2ccccc2OC1)N[C@@H]1CCCc2ccccc21. The van der Waals surface area contributed by atoms with Crippen LogP contribution >= 0.6 is 0 Å². The zero-order valence-corrected chi connectivity index (χ0v) is 14.9. The van der Waals surface area contributed by atoms with E-state index in [-0.39, 0.29) is 25.2 Å². The molecular formula is C22H21NO4. The standard InChI is InChI=1S/C22H21NO4/c24-21(23-19-10-5-8-15-6-1-3-9-18(15)19)14-27-22(25)17-12-16-7-2-4-11-20(16)26-13-17/h1-4,6-7,9,11-12,19H,5,8,10,13-14H2,(H,23,24)/t19-/m1/s1. The van der Waals surface area contributed by atoms with E-state index in [4.69, 9.17) is 9.47 Å². The number of amides is 1. The van der Waals surface area contributed by atoms with Gasteiger partial charge in [0.15, 0.2) is 6.61 Å². The summed E-state index contributed by atoms with van der Waals surface area (Å²) >= 11 is 0. The van der Waals surface area contributed by atoms with Crippen molar-refractivity contribution in [3.63, 3.8) is 0 Å². The minimum atomic E-state index is -0.524. The van der Waals surface area contributed by atoms with Crippen molar-refractivity contribution in [1.82, 2.24) is 5.32 Å². The number of carbonyl (C=O) groups is 2. The lowest BCUT2D eigenvalue weighted by molar-refractivity contribution is -0.145. The molecule has 0 radical (unpaired) electrons. The minimum absolute atomic E-state index is 0.0229. The van der Waals surface area contributed by atoms with Crippen LogP contribution in [-0.4, -0.2) is 25.1 Å². The Balaban J connectivity index is 1.34. The summed E-state index contributed by atoms with van der Waals surface area (Å²) in [7, 11) is 0. The third-order valence-corrected chi connectivity index (χ3v) is 4.93. The van der Waals surface area contributed by atoms with E-state index < -0.39 is 5.97 Å². The number of esters is 1. The van der Waals surface area contributed by atoms with Crippen LogP contribution in [0, 0.1) is 0 Å². The van der Waals surface area contributed by atoms with E-state index in [9.17, 15) is 9.59 Å². The van der Waals surface area contributed by atoms with Crippen molar-refractivity contribution >= 4 is 18.0 Å². The van der Waals surface area contributed by atoms with Crippen molar-refractivity contribution in [1.29, 1.82) is 0 Å². The maximum atomic E-state index is 12.3. The van der Waals surface area contributed by atoms with Gasteiger partial charge in [-0.05, 0) is 42.5 Å². The van der Waals surface area contributed by atoms with E-state index in [0.717, 1.165) is 36.1 Å². The number of aryl methyl sites for hydroxylation is 1. The van der Waals surface area contributed by atoms with Gasteiger partial charge in [0.2, 0.25) is 0 Å². The lowest BCUT2D eigenvalue weighted by Crippen LogP contribution is -2.34. The Morgan fingerprint density at radius 3 is 2.85 bits per heavy atom. The number of nitrogens with one attached hydrogen (secondary N) is 1.